The Kier molecular flexibility index (Phi) is 5.71. The fourth-order valence-corrected chi connectivity index (χ4v) is 4.06. The van der Waals surface area contributed by atoms with E-state index in [2.05, 4.69) is 37.1 Å². The van der Waals surface area contributed by atoms with Crippen LogP contribution in [0.2, 0.25) is 0 Å². The molecule has 1 aromatic rings. The van der Waals surface area contributed by atoms with Crippen LogP contribution in [0.4, 0.5) is 0 Å². The molecule has 0 aliphatic heterocycles. The maximum Gasteiger partial charge on any atom is 0.101 e. The number of nitrogens with zero attached hydrogens (tertiary/aromatic N) is 1. The first-order valence-corrected chi connectivity index (χ1v) is 8.37. The molecule has 2 rings (SSSR count). The van der Waals surface area contributed by atoms with E-state index in [0.717, 1.165) is 17.7 Å². The third-order valence-corrected chi connectivity index (χ3v) is 5.07. The van der Waals surface area contributed by atoms with Crippen LogP contribution in [0.25, 0.3) is 0 Å². The smallest absolute Gasteiger partial charge is 0.101 e. The van der Waals surface area contributed by atoms with Crippen LogP contribution in [-0.4, -0.2) is 16.3 Å². The summed E-state index contributed by atoms with van der Waals surface area (Å²) in [5.74, 6) is 0.882. The molecule has 0 spiro atoms. The molecular weight excluding hydrogens is 252 g/mol. The summed E-state index contributed by atoms with van der Waals surface area (Å²) in [6.07, 6.45) is 7.40. The molecule has 0 amide bonds. The summed E-state index contributed by atoms with van der Waals surface area (Å²) in [6, 6.07) is 4.77. The van der Waals surface area contributed by atoms with Crippen LogP contribution in [0.5, 0.6) is 0 Å². The van der Waals surface area contributed by atoms with E-state index in [1.54, 1.807) is 0 Å². The van der Waals surface area contributed by atoms with Crippen molar-refractivity contribution in [2.45, 2.75) is 69.3 Å². The molecule has 2 unspecified atom stereocenters. The first kappa shape index (κ1) is 14.9. The van der Waals surface area contributed by atoms with Gasteiger partial charge >= 0.3 is 0 Å². The fraction of sp³-hybridized carbons (Fsp3) is 0.688. The van der Waals surface area contributed by atoms with E-state index in [-0.39, 0.29) is 0 Å². The van der Waals surface area contributed by atoms with Gasteiger partial charge in [-0.15, -0.1) is 11.8 Å². The number of hydrogen-bond acceptors (Lipinski definition) is 3. The first-order valence-electron chi connectivity index (χ1n) is 7.49. The number of aromatic nitrogens is 1. The highest BCUT2D eigenvalue weighted by Gasteiger charge is 2.21. The van der Waals surface area contributed by atoms with E-state index < -0.39 is 0 Å². The standard InChI is InChI=1S/C16H26N2S/c1-12(2)18-11-14-7-5-9-17-16(14)19-15-8-4-6-13(3)10-15/h5,7,9,12-13,15,18H,4,6,8,10-11H2,1-3H3. The average molecular weight is 278 g/mol. The Morgan fingerprint density at radius 2 is 2.26 bits per heavy atom. The fourth-order valence-electron chi connectivity index (χ4n) is 2.62. The molecule has 19 heavy (non-hydrogen) atoms. The van der Waals surface area contributed by atoms with Gasteiger partial charge in [-0.1, -0.05) is 39.7 Å². The zero-order valence-corrected chi connectivity index (χ0v) is 13.2. The van der Waals surface area contributed by atoms with Crippen LogP contribution < -0.4 is 5.32 Å². The van der Waals surface area contributed by atoms with Crippen LogP contribution >= 0.6 is 11.8 Å². The number of nitrogens with one attached hydrogen (secondary N) is 1. The normalized spacial score (nSPS) is 23.8. The van der Waals surface area contributed by atoms with Crippen molar-refractivity contribution < 1.29 is 0 Å². The first-order chi connectivity index (χ1) is 9.15. The van der Waals surface area contributed by atoms with Gasteiger partial charge in [-0.05, 0) is 30.4 Å². The lowest BCUT2D eigenvalue weighted by atomic mass is 9.91. The van der Waals surface area contributed by atoms with Crippen LogP contribution in [0.1, 0.15) is 52.0 Å². The molecule has 0 aromatic carbocycles. The van der Waals surface area contributed by atoms with Gasteiger partial charge in [0.1, 0.15) is 5.03 Å². The predicted octanol–water partition coefficient (Wildman–Crippen LogP) is 4.25. The third-order valence-electron chi connectivity index (χ3n) is 3.72. The second-order valence-electron chi connectivity index (χ2n) is 6.01. The quantitative estimate of drug-likeness (QED) is 0.871. The third kappa shape index (κ3) is 4.81. The topological polar surface area (TPSA) is 24.9 Å². The van der Waals surface area contributed by atoms with E-state index in [0.29, 0.717) is 6.04 Å². The summed E-state index contributed by atoms with van der Waals surface area (Å²) in [4.78, 5) is 4.60. The van der Waals surface area contributed by atoms with Crippen LogP contribution in [-0.2, 0) is 6.54 Å². The largest absolute Gasteiger partial charge is 0.310 e. The summed E-state index contributed by atoms with van der Waals surface area (Å²) < 4.78 is 0. The van der Waals surface area contributed by atoms with E-state index >= 15 is 0 Å². The molecule has 2 nitrogen and oxygen atoms in total. The Morgan fingerprint density at radius 3 is 3.00 bits per heavy atom. The number of rotatable bonds is 5. The lowest BCUT2D eigenvalue weighted by molar-refractivity contribution is 0.394. The summed E-state index contributed by atoms with van der Waals surface area (Å²) in [7, 11) is 0. The van der Waals surface area contributed by atoms with Gasteiger partial charge in [0.05, 0.1) is 0 Å². The van der Waals surface area contributed by atoms with E-state index in [4.69, 9.17) is 0 Å². The molecule has 0 bridgehead atoms. The van der Waals surface area contributed by atoms with Crippen molar-refractivity contribution >= 4 is 11.8 Å². The molecule has 1 aromatic heterocycles. The molecule has 1 heterocycles. The average Bonchev–Trinajstić information content (AvgIpc) is 2.38. The number of pyridine rings is 1. The summed E-state index contributed by atoms with van der Waals surface area (Å²) in [5, 5.41) is 5.49. The second kappa shape index (κ2) is 7.30. The van der Waals surface area contributed by atoms with Gasteiger partial charge in [-0.2, -0.15) is 0 Å². The van der Waals surface area contributed by atoms with Crippen molar-refractivity contribution in [2.24, 2.45) is 5.92 Å². The molecule has 1 saturated carbocycles. The minimum absolute atomic E-state index is 0.521. The van der Waals surface area contributed by atoms with Crippen molar-refractivity contribution in [3.63, 3.8) is 0 Å². The van der Waals surface area contributed by atoms with Crippen molar-refractivity contribution in [2.75, 3.05) is 0 Å². The Hall–Kier alpha value is -0.540. The van der Waals surface area contributed by atoms with Crippen molar-refractivity contribution in [1.82, 2.24) is 10.3 Å². The zero-order chi connectivity index (χ0) is 13.7. The minimum Gasteiger partial charge on any atom is -0.310 e. The van der Waals surface area contributed by atoms with Gasteiger partial charge in [-0.3, -0.25) is 0 Å². The highest BCUT2D eigenvalue weighted by molar-refractivity contribution is 7.99. The monoisotopic (exact) mass is 278 g/mol. The highest BCUT2D eigenvalue weighted by Crippen LogP contribution is 2.36. The van der Waals surface area contributed by atoms with Crippen LogP contribution in [0, 0.1) is 5.92 Å². The molecule has 106 valence electrons. The Morgan fingerprint density at radius 1 is 1.42 bits per heavy atom. The lowest BCUT2D eigenvalue weighted by Gasteiger charge is -2.26. The molecule has 1 fully saturated rings. The van der Waals surface area contributed by atoms with Crippen LogP contribution in [0.3, 0.4) is 0 Å². The highest BCUT2D eigenvalue weighted by atomic mass is 32.2. The van der Waals surface area contributed by atoms with Crippen molar-refractivity contribution in [1.29, 1.82) is 0 Å². The van der Waals surface area contributed by atoms with Gasteiger partial charge in [-0.25, -0.2) is 4.98 Å². The molecule has 1 aliphatic rings. The molecule has 0 saturated heterocycles. The molecule has 1 aliphatic carbocycles. The Bertz CT molecular complexity index is 392. The lowest BCUT2D eigenvalue weighted by Crippen LogP contribution is -2.22. The van der Waals surface area contributed by atoms with E-state index in [1.165, 1.54) is 36.3 Å². The van der Waals surface area contributed by atoms with Crippen LogP contribution in [0.15, 0.2) is 23.4 Å². The van der Waals surface area contributed by atoms with Gasteiger partial charge in [0.2, 0.25) is 0 Å². The predicted molar refractivity (Wildman–Crippen MR) is 83.5 cm³/mol. The zero-order valence-electron chi connectivity index (χ0n) is 12.4. The second-order valence-corrected chi connectivity index (χ2v) is 7.30. The van der Waals surface area contributed by atoms with E-state index in [9.17, 15) is 0 Å². The number of hydrogen-bond donors (Lipinski definition) is 1. The van der Waals surface area contributed by atoms with Gasteiger partial charge in [0.25, 0.3) is 0 Å². The van der Waals surface area contributed by atoms with E-state index in [1.807, 2.05) is 24.0 Å². The number of thioether (sulfide) groups is 1. The molecular formula is C16H26N2S. The minimum atomic E-state index is 0.521. The molecule has 0 radical (unpaired) electrons. The molecule has 3 heteroatoms. The maximum atomic E-state index is 4.60. The SMILES string of the molecule is CC1CCCC(Sc2ncccc2CNC(C)C)C1. The summed E-state index contributed by atoms with van der Waals surface area (Å²) in [6.45, 7) is 7.68. The summed E-state index contributed by atoms with van der Waals surface area (Å²) >= 11 is 2.00. The molecule has 2 atom stereocenters. The molecule has 1 N–H and O–H groups in total. The Balaban J connectivity index is 1.98. The maximum absolute atomic E-state index is 4.60. The summed E-state index contributed by atoms with van der Waals surface area (Å²) in [5.41, 5.74) is 1.35. The van der Waals surface area contributed by atoms with Gasteiger partial charge in [0, 0.05) is 24.0 Å². The van der Waals surface area contributed by atoms with Gasteiger partial charge < -0.3 is 5.32 Å². The van der Waals surface area contributed by atoms with Crippen molar-refractivity contribution in [3.05, 3.63) is 23.9 Å². The van der Waals surface area contributed by atoms with Gasteiger partial charge in [0.15, 0.2) is 0 Å². The Labute approximate surface area is 121 Å². The van der Waals surface area contributed by atoms with Crippen molar-refractivity contribution in [3.8, 4) is 0 Å².